The normalized spacial score (nSPS) is 24.0. The summed E-state index contributed by atoms with van der Waals surface area (Å²) < 4.78 is 60.5. The zero-order chi connectivity index (χ0) is 13.9. The van der Waals surface area contributed by atoms with Crippen LogP contribution in [0.1, 0.15) is 13.8 Å². The van der Waals surface area contributed by atoms with Gasteiger partial charge in [0.1, 0.15) is 0 Å². The van der Waals surface area contributed by atoms with Crippen molar-refractivity contribution >= 4 is 7.81 Å². The van der Waals surface area contributed by atoms with Gasteiger partial charge in [-0.05, 0) is 13.8 Å². The molecule has 0 aromatic heterocycles. The topological polar surface area (TPSA) is 12.0 Å². The molecule has 9 heteroatoms. The quantitative estimate of drug-likeness (QED) is 0.462. The van der Waals surface area contributed by atoms with E-state index in [-0.39, 0.29) is 0 Å². The Bertz CT molecular complexity index is 225. The molecule has 0 saturated carbocycles. The van der Waals surface area contributed by atoms with E-state index in [0.717, 1.165) is 0 Å². The Kier molecular flexibility index (Phi) is 4.53. The molecule has 0 aliphatic carbocycles. The molecule has 17 heavy (non-hydrogen) atoms. The Morgan fingerprint density at radius 2 is 1.18 bits per heavy atom. The Balaban J connectivity index is 0.000000325. The second-order valence-corrected chi connectivity index (χ2v) is 6.05. The summed E-state index contributed by atoms with van der Waals surface area (Å²) >= 11 is 0. The first-order valence-electron chi connectivity index (χ1n) is 5.40. The zero-order valence-electron chi connectivity index (χ0n) is 9.90. The summed E-state index contributed by atoms with van der Waals surface area (Å²) in [5.74, 6) is 0. The fourth-order valence-corrected chi connectivity index (χ4v) is 1.73. The third-order valence-corrected chi connectivity index (χ3v) is 2.87. The van der Waals surface area contributed by atoms with E-state index in [9.17, 15) is 25.2 Å². The van der Waals surface area contributed by atoms with Crippen molar-refractivity contribution in [2.45, 2.75) is 13.8 Å². The average molecular weight is 288 g/mol. The molecule has 1 heterocycles. The molecule has 1 aliphatic rings. The first-order valence-corrected chi connectivity index (χ1v) is 7.43. The van der Waals surface area contributed by atoms with Gasteiger partial charge in [-0.15, -0.1) is 0 Å². The number of quaternary nitrogens is 1. The number of likely N-dealkylation sites (N-methyl/N-ethyl adjacent to an activating group) is 1. The Morgan fingerprint density at radius 3 is 1.35 bits per heavy atom. The average Bonchev–Trinajstić information content (AvgIpc) is 2.14. The van der Waals surface area contributed by atoms with E-state index >= 15 is 0 Å². The Hall–Kier alpha value is -0.0700. The van der Waals surface area contributed by atoms with Gasteiger partial charge in [0.15, 0.2) is 0 Å². The van der Waals surface area contributed by atoms with Gasteiger partial charge in [0.2, 0.25) is 0 Å². The van der Waals surface area contributed by atoms with Crippen molar-refractivity contribution in [2.24, 2.45) is 0 Å². The minimum absolute atomic E-state index is 1.21. The summed E-state index contributed by atoms with van der Waals surface area (Å²) in [4.78, 5) is 0. The SMILES string of the molecule is CC[N+]1(CC)CCNCC1.F[P-](F)(F)(F)(F)F. The van der Waals surface area contributed by atoms with Gasteiger partial charge < -0.3 is 9.80 Å². The van der Waals surface area contributed by atoms with Gasteiger partial charge in [-0.1, -0.05) is 0 Å². The monoisotopic (exact) mass is 288 g/mol. The molecule has 1 aliphatic heterocycles. The van der Waals surface area contributed by atoms with Crippen molar-refractivity contribution in [3.63, 3.8) is 0 Å². The van der Waals surface area contributed by atoms with Crippen LogP contribution in [0.15, 0.2) is 0 Å². The Morgan fingerprint density at radius 1 is 0.882 bits per heavy atom. The number of hydrogen-bond donors (Lipinski definition) is 1. The predicted molar refractivity (Wildman–Crippen MR) is 57.5 cm³/mol. The molecule has 1 fully saturated rings. The predicted octanol–water partition coefficient (Wildman–Crippen LogP) is 3.83. The number of hydrogen-bond acceptors (Lipinski definition) is 1. The van der Waals surface area contributed by atoms with E-state index in [1.54, 1.807) is 0 Å². The number of rotatable bonds is 2. The van der Waals surface area contributed by atoms with Gasteiger partial charge in [-0.3, -0.25) is 0 Å². The van der Waals surface area contributed by atoms with Crippen LogP contribution in [-0.4, -0.2) is 43.8 Å². The molecule has 0 unspecified atom stereocenters. The molecule has 1 N–H and O–H groups in total. The summed E-state index contributed by atoms with van der Waals surface area (Å²) in [6.07, 6.45) is 0. The first-order chi connectivity index (χ1) is 7.28. The van der Waals surface area contributed by atoms with E-state index < -0.39 is 7.81 Å². The van der Waals surface area contributed by atoms with Gasteiger partial charge in [0.05, 0.1) is 26.2 Å². The molecule has 1 saturated heterocycles. The van der Waals surface area contributed by atoms with Crippen molar-refractivity contribution in [3.8, 4) is 0 Å². The minimum atomic E-state index is -10.7. The first kappa shape index (κ1) is 16.9. The fourth-order valence-electron chi connectivity index (χ4n) is 1.73. The van der Waals surface area contributed by atoms with E-state index in [1.165, 1.54) is 43.8 Å². The van der Waals surface area contributed by atoms with Crippen molar-refractivity contribution in [2.75, 3.05) is 39.3 Å². The number of halogens is 6. The van der Waals surface area contributed by atoms with Crippen molar-refractivity contribution < 1.29 is 29.7 Å². The third-order valence-electron chi connectivity index (χ3n) is 2.87. The van der Waals surface area contributed by atoms with E-state index in [0.29, 0.717) is 0 Å². The molecule has 0 atom stereocenters. The van der Waals surface area contributed by atoms with Gasteiger partial charge in [0.25, 0.3) is 0 Å². The summed E-state index contributed by atoms with van der Waals surface area (Å²) in [6, 6.07) is 0. The molecule has 0 aromatic carbocycles. The van der Waals surface area contributed by atoms with Crippen LogP contribution in [0.2, 0.25) is 0 Å². The standard InChI is InChI=1S/C8H19N2.F6P/c1-3-10(4-2)7-5-9-6-8-10;1-7(2,3,4,5)6/h9H,3-8H2,1-2H3;/q+1;-1. The summed E-state index contributed by atoms with van der Waals surface area (Å²) in [5, 5.41) is 3.39. The van der Waals surface area contributed by atoms with Crippen molar-refractivity contribution in [3.05, 3.63) is 0 Å². The summed E-state index contributed by atoms with van der Waals surface area (Å²) in [6.45, 7) is 12.3. The second-order valence-electron chi connectivity index (χ2n) is 4.13. The van der Waals surface area contributed by atoms with Gasteiger partial charge in [-0.25, -0.2) is 0 Å². The number of nitrogens with zero attached hydrogens (tertiary/aromatic N) is 1. The van der Waals surface area contributed by atoms with Gasteiger partial charge in [-0.2, -0.15) is 0 Å². The molecule has 0 spiro atoms. The number of nitrogens with one attached hydrogen (secondary N) is 1. The molecule has 108 valence electrons. The molecule has 0 aromatic rings. The van der Waals surface area contributed by atoms with Gasteiger partial charge >= 0.3 is 33.0 Å². The zero-order valence-corrected chi connectivity index (χ0v) is 10.8. The maximum absolute atomic E-state index is 10.7. The van der Waals surface area contributed by atoms with Crippen LogP contribution in [0.25, 0.3) is 0 Å². The van der Waals surface area contributed by atoms with E-state index in [1.807, 2.05) is 0 Å². The van der Waals surface area contributed by atoms with Crippen LogP contribution in [0.5, 0.6) is 0 Å². The van der Waals surface area contributed by atoms with Crippen LogP contribution in [-0.2, 0) is 0 Å². The summed E-state index contributed by atoms with van der Waals surface area (Å²) in [5.41, 5.74) is 0. The molecule has 0 radical (unpaired) electrons. The Labute approximate surface area is 96.8 Å². The molecule has 2 nitrogen and oxygen atoms in total. The van der Waals surface area contributed by atoms with Crippen LogP contribution in [0.3, 0.4) is 0 Å². The fraction of sp³-hybridized carbons (Fsp3) is 1.00. The van der Waals surface area contributed by atoms with Gasteiger partial charge in [0, 0.05) is 13.1 Å². The summed E-state index contributed by atoms with van der Waals surface area (Å²) in [7, 11) is -10.7. The maximum atomic E-state index is 9.87. The molecule has 0 amide bonds. The number of piperazine rings is 1. The van der Waals surface area contributed by atoms with Crippen LogP contribution < -0.4 is 5.32 Å². The van der Waals surface area contributed by atoms with Crippen LogP contribution in [0, 0.1) is 0 Å². The van der Waals surface area contributed by atoms with Crippen LogP contribution in [0.4, 0.5) is 25.2 Å². The van der Waals surface area contributed by atoms with E-state index in [2.05, 4.69) is 19.2 Å². The third kappa shape index (κ3) is 12.2. The molecule has 1 rings (SSSR count). The molecular weight excluding hydrogens is 269 g/mol. The van der Waals surface area contributed by atoms with E-state index in [4.69, 9.17) is 0 Å². The second kappa shape index (κ2) is 4.55. The molecular formula is C8H19F6N2P. The van der Waals surface area contributed by atoms with Crippen molar-refractivity contribution in [1.29, 1.82) is 0 Å². The van der Waals surface area contributed by atoms with Crippen molar-refractivity contribution in [1.82, 2.24) is 5.32 Å². The van der Waals surface area contributed by atoms with Crippen LogP contribution >= 0.6 is 7.81 Å². The molecule has 0 bridgehead atoms.